The molecule has 2 atom stereocenters. The zero-order valence-corrected chi connectivity index (χ0v) is 16.2. The molecule has 3 N–H and O–H groups in total. The molecule has 0 aliphatic carbocycles. The fourth-order valence-corrected chi connectivity index (χ4v) is 4.71. The number of nitrogens with one attached hydrogen (secondary N) is 3. The van der Waals surface area contributed by atoms with Gasteiger partial charge in [-0.1, -0.05) is 6.07 Å². The van der Waals surface area contributed by atoms with Crippen LogP contribution in [0.4, 0.5) is 0 Å². The van der Waals surface area contributed by atoms with Gasteiger partial charge in [0.25, 0.3) is 0 Å². The Kier molecular flexibility index (Phi) is 6.93. The third kappa shape index (κ3) is 5.72. The minimum Gasteiger partial charge on any atom is -0.351 e. The van der Waals surface area contributed by atoms with Crippen LogP contribution in [-0.4, -0.2) is 53.0 Å². The highest BCUT2D eigenvalue weighted by molar-refractivity contribution is 8.00. The zero-order chi connectivity index (χ0) is 18.4. The molecule has 2 unspecified atom stereocenters. The average Bonchev–Trinajstić information content (AvgIpc) is 3.31. The molecule has 26 heavy (non-hydrogen) atoms. The van der Waals surface area contributed by atoms with E-state index >= 15 is 0 Å². The van der Waals surface area contributed by atoms with Gasteiger partial charge in [0, 0.05) is 36.9 Å². The monoisotopic (exact) mass is 396 g/mol. The topological polar surface area (TPSA) is 90.5 Å². The quantitative estimate of drug-likeness (QED) is 0.636. The molecule has 0 spiro atoms. The van der Waals surface area contributed by atoms with E-state index in [4.69, 9.17) is 0 Å². The highest BCUT2D eigenvalue weighted by Gasteiger charge is 2.28. The lowest BCUT2D eigenvalue weighted by Gasteiger charge is -2.31. The summed E-state index contributed by atoms with van der Waals surface area (Å²) in [7, 11) is 0. The molecule has 2 aliphatic rings. The smallest absolute Gasteiger partial charge is 0.232 e. The lowest BCUT2D eigenvalue weighted by Crippen LogP contribution is -2.56. The lowest BCUT2D eigenvalue weighted by molar-refractivity contribution is -0.128. The lowest BCUT2D eigenvalue weighted by atomic mass is 10.1. The van der Waals surface area contributed by atoms with E-state index in [2.05, 4.69) is 16.0 Å². The Morgan fingerprint density at radius 2 is 2.15 bits per heavy atom. The van der Waals surface area contributed by atoms with Crippen LogP contribution in [0.1, 0.15) is 30.6 Å². The van der Waals surface area contributed by atoms with Crippen LogP contribution in [-0.2, 0) is 20.9 Å². The Morgan fingerprint density at radius 1 is 1.35 bits per heavy atom. The molecule has 0 aromatic carbocycles. The van der Waals surface area contributed by atoms with Crippen molar-refractivity contribution in [2.45, 2.75) is 43.8 Å². The summed E-state index contributed by atoms with van der Waals surface area (Å²) in [6, 6.07) is 3.71. The normalized spacial score (nSPS) is 22.9. The van der Waals surface area contributed by atoms with Crippen molar-refractivity contribution >= 4 is 40.8 Å². The van der Waals surface area contributed by atoms with E-state index in [1.165, 1.54) is 11.8 Å². The van der Waals surface area contributed by atoms with Crippen LogP contribution in [0.2, 0.25) is 0 Å². The molecule has 0 radical (unpaired) electrons. The summed E-state index contributed by atoms with van der Waals surface area (Å²) >= 11 is 2.97. The van der Waals surface area contributed by atoms with Crippen molar-refractivity contribution in [3.8, 4) is 0 Å². The van der Waals surface area contributed by atoms with Gasteiger partial charge in [-0.2, -0.15) is 0 Å². The van der Waals surface area contributed by atoms with Gasteiger partial charge in [-0.15, -0.1) is 23.1 Å². The van der Waals surface area contributed by atoms with Crippen molar-refractivity contribution < 1.29 is 14.4 Å². The first-order valence-electron chi connectivity index (χ1n) is 8.84. The predicted octanol–water partition coefficient (Wildman–Crippen LogP) is 0.872. The second kappa shape index (κ2) is 9.38. The summed E-state index contributed by atoms with van der Waals surface area (Å²) in [6.45, 7) is 2.17. The number of nitrogens with zero attached hydrogens (tertiary/aromatic N) is 1. The van der Waals surface area contributed by atoms with Gasteiger partial charge in [0.2, 0.25) is 17.7 Å². The van der Waals surface area contributed by atoms with Crippen LogP contribution in [0.25, 0.3) is 0 Å². The molecule has 1 aromatic rings. The largest absolute Gasteiger partial charge is 0.351 e. The molecule has 9 heteroatoms. The van der Waals surface area contributed by atoms with Crippen LogP contribution in [0.15, 0.2) is 17.5 Å². The Morgan fingerprint density at radius 3 is 2.88 bits per heavy atom. The number of amides is 3. The maximum atomic E-state index is 12.1. The van der Waals surface area contributed by atoms with Gasteiger partial charge >= 0.3 is 0 Å². The molecule has 2 aliphatic heterocycles. The second-order valence-corrected chi connectivity index (χ2v) is 8.60. The summed E-state index contributed by atoms with van der Waals surface area (Å²) in [4.78, 5) is 39.1. The number of rotatable bonds is 7. The van der Waals surface area contributed by atoms with E-state index in [1.54, 1.807) is 11.3 Å². The molecule has 2 saturated heterocycles. The summed E-state index contributed by atoms with van der Waals surface area (Å²) < 4.78 is 0. The number of carbonyl (C=O) groups excluding carboxylic acids is 3. The van der Waals surface area contributed by atoms with Gasteiger partial charge in [-0.05, 0) is 24.3 Å². The first-order chi connectivity index (χ1) is 12.6. The predicted molar refractivity (Wildman–Crippen MR) is 103 cm³/mol. The maximum absolute atomic E-state index is 12.1. The molecule has 3 rings (SSSR count). The highest BCUT2D eigenvalue weighted by atomic mass is 32.2. The number of hydrogen-bond donors (Lipinski definition) is 3. The number of thiophene rings is 1. The SMILES string of the molecule is O=C(CC1CC(=O)NC(SCC(=O)N2CCCC2)N1)NCc1cccs1. The van der Waals surface area contributed by atoms with Crippen molar-refractivity contribution in [1.82, 2.24) is 20.9 Å². The third-order valence-corrected chi connectivity index (χ3v) is 6.29. The van der Waals surface area contributed by atoms with E-state index < -0.39 is 0 Å². The molecule has 0 bridgehead atoms. The van der Waals surface area contributed by atoms with Crippen LogP contribution >= 0.6 is 23.1 Å². The Hall–Kier alpha value is -1.58. The third-order valence-electron chi connectivity index (χ3n) is 4.41. The Bertz CT molecular complexity index is 632. The summed E-state index contributed by atoms with van der Waals surface area (Å²) in [6.07, 6.45) is 2.65. The standard InChI is InChI=1S/C17H24N4O3S2/c22-14(18-10-13-4-3-7-25-13)8-12-9-15(23)20-17(19-12)26-11-16(24)21-5-1-2-6-21/h3-4,7,12,17,19H,1-2,5-6,8-11H2,(H,18,22)(H,20,23). The van der Waals surface area contributed by atoms with E-state index in [1.807, 2.05) is 22.4 Å². The van der Waals surface area contributed by atoms with E-state index in [-0.39, 0.29) is 42.1 Å². The van der Waals surface area contributed by atoms with Crippen LogP contribution in [0.5, 0.6) is 0 Å². The molecular weight excluding hydrogens is 372 g/mol. The van der Waals surface area contributed by atoms with Crippen LogP contribution in [0, 0.1) is 0 Å². The van der Waals surface area contributed by atoms with Crippen LogP contribution < -0.4 is 16.0 Å². The molecule has 142 valence electrons. The average molecular weight is 397 g/mol. The fraction of sp³-hybridized carbons (Fsp3) is 0.588. The summed E-state index contributed by atoms with van der Waals surface area (Å²) in [5.74, 6) is 0.266. The number of likely N-dealkylation sites (tertiary alicyclic amines) is 1. The first-order valence-corrected chi connectivity index (χ1v) is 10.8. The zero-order valence-electron chi connectivity index (χ0n) is 14.5. The Labute approximate surface area is 161 Å². The van der Waals surface area contributed by atoms with Gasteiger partial charge in [0.1, 0.15) is 5.50 Å². The van der Waals surface area contributed by atoms with Crippen molar-refractivity contribution in [2.24, 2.45) is 0 Å². The van der Waals surface area contributed by atoms with Crippen LogP contribution in [0.3, 0.4) is 0 Å². The number of hydrogen-bond acceptors (Lipinski definition) is 6. The highest BCUT2D eigenvalue weighted by Crippen LogP contribution is 2.16. The van der Waals surface area contributed by atoms with Crippen molar-refractivity contribution in [1.29, 1.82) is 0 Å². The van der Waals surface area contributed by atoms with Gasteiger partial charge < -0.3 is 15.5 Å². The molecule has 2 fully saturated rings. The summed E-state index contributed by atoms with van der Waals surface area (Å²) in [5, 5.41) is 10.9. The minimum absolute atomic E-state index is 0.0810. The first kappa shape index (κ1) is 19.2. The molecule has 7 nitrogen and oxygen atoms in total. The summed E-state index contributed by atoms with van der Waals surface area (Å²) in [5.41, 5.74) is -0.335. The molecule has 3 heterocycles. The van der Waals surface area contributed by atoms with Gasteiger partial charge in [0.15, 0.2) is 0 Å². The molecule has 3 amide bonds. The minimum atomic E-state index is -0.335. The van der Waals surface area contributed by atoms with Gasteiger partial charge in [-0.3, -0.25) is 19.7 Å². The van der Waals surface area contributed by atoms with Gasteiger partial charge in [-0.25, -0.2) is 0 Å². The van der Waals surface area contributed by atoms with E-state index in [0.29, 0.717) is 12.3 Å². The Balaban J connectivity index is 1.41. The maximum Gasteiger partial charge on any atom is 0.232 e. The van der Waals surface area contributed by atoms with E-state index in [0.717, 1.165) is 30.8 Å². The van der Waals surface area contributed by atoms with Gasteiger partial charge in [0.05, 0.1) is 12.3 Å². The van der Waals surface area contributed by atoms with E-state index in [9.17, 15) is 14.4 Å². The molecule has 0 saturated carbocycles. The van der Waals surface area contributed by atoms with Crippen molar-refractivity contribution in [3.63, 3.8) is 0 Å². The van der Waals surface area contributed by atoms with Crippen molar-refractivity contribution in [2.75, 3.05) is 18.8 Å². The fourth-order valence-electron chi connectivity index (χ4n) is 3.07. The number of thioether (sulfide) groups is 1. The van der Waals surface area contributed by atoms with Crippen molar-refractivity contribution in [3.05, 3.63) is 22.4 Å². The molecule has 1 aromatic heterocycles. The number of carbonyl (C=O) groups is 3. The second-order valence-electron chi connectivity index (χ2n) is 6.47. The molecular formula is C17H24N4O3S2.